The molecule has 0 saturated heterocycles. The van der Waals surface area contributed by atoms with Crippen LogP contribution in [0.4, 0.5) is 0 Å². The van der Waals surface area contributed by atoms with E-state index in [1.165, 1.54) is 6.42 Å². The topological polar surface area (TPSA) is 21.3 Å². The van der Waals surface area contributed by atoms with Crippen LogP contribution >= 0.6 is 27.5 Å². The van der Waals surface area contributed by atoms with Crippen molar-refractivity contribution in [3.63, 3.8) is 0 Å². The van der Waals surface area contributed by atoms with Gasteiger partial charge in [0.1, 0.15) is 11.4 Å². The quantitative estimate of drug-likeness (QED) is 0.885. The lowest BCUT2D eigenvalue weighted by Crippen LogP contribution is -2.45. The Morgan fingerprint density at radius 1 is 1.47 bits per heavy atom. The van der Waals surface area contributed by atoms with Crippen LogP contribution in [0, 0.1) is 0 Å². The molecule has 1 aliphatic rings. The number of benzene rings is 1. The van der Waals surface area contributed by atoms with Crippen molar-refractivity contribution in [3.05, 3.63) is 27.7 Å². The van der Waals surface area contributed by atoms with Crippen molar-refractivity contribution in [2.75, 3.05) is 13.6 Å². The van der Waals surface area contributed by atoms with E-state index in [-0.39, 0.29) is 5.60 Å². The lowest BCUT2D eigenvalue weighted by Gasteiger charge is -2.42. The van der Waals surface area contributed by atoms with Gasteiger partial charge in [-0.25, -0.2) is 0 Å². The van der Waals surface area contributed by atoms with Crippen molar-refractivity contribution in [2.45, 2.75) is 31.3 Å². The van der Waals surface area contributed by atoms with Gasteiger partial charge in [0.2, 0.25) is 0 Å². The third kappa shape index (κ3) is 3.15. The molecule has 1 N–H and O–H groups in total. The second kappa shape index (κ2) is 5.59. The van der Waals surface area contributed by atoms with Gasteiger partial charge in [-0.15, -0.1) is 0 Å². The fourth-order valence-electron chi connectivity index (χ4n) is 2.12. The van der Waals surface area contributed by atoms with Gasteiger partial charge in [-0.05, 0) is 73.4 Å². The molecule has 1 aliphatic carbocycles. The van der Waals surface area contributed by atoms with Crippen molar-refractivity contribution >= 4 is 27.5 Å². The highest BCUT2D eigenvalue weighted by Crippen LogP contribution is 2.41. The van der Waals surface area contributed by atoms with Gasteiger partial charge in [-0.1, -0.05) is 11.6 Å². The van der Waals surface area contributed by atoms with Gasteiger partial charge in [0.15, 0.2) is 0 Å². The minimum absolute atomic E-state index is 0.0271. The Balaban J connectivity index is 2.07. The minimum atomic E-state index is 0.0271. The summed E-state index contributed by atoms with van der Waals surface area (Å²) >= 11 is 9.42. The van der Waals surface area contributed by atoms with Crippen molar-refractivity contribution in [1.29, 1.82) is 0 Å². The van der Waals surface area contributed by atoms with Gasteiger partial charge >= 0.3 is 0 Å². The number of hydrogen-bond acceptors (Lipinski definition) is 2. The van der Waals surface area contributed by atoms with Crippen molar-refractivity contribution < 1.29 is 4.74 Å². The average molecular weight is 319 g/mol. The van der Waals surface area contributed by atoms with Crippen LogP contribution in [0.3, 0.4) is 0 Å². The molecule has 1 saturated carbocycles. The Morgan fingerprint density at radius 3 is 2.76 bits per heavy atom. The maximum Gasteiger partial charge on any atom is 0.134 e. The highest BCUT2D eigenvalue weighted by Gasteiger charge is 2.39. The summed E-state index contributed by atoms with van der Waals surface area (Å²) in [5, 5.41) is 3.91. The van der Waals surface area contributed by atoms with E-state index in [1.807, 2.05) is 25.2 Å². The summed E-state index contributed by atoms with van der Waals surface area (Å²) < 4.78 is 7.11. The number of hydrogen-bond donors (Lipinski definition) is 1. The largest absolute Gasteiger partial charge is 0.486 e. The zero-order chi connectivity index (χ0) is 12.3. The van der Waals surface area contributed by atoms with Gasteiger partial charge in [-0.2, -0.15) is 0 Å². The predicted octanol–water partition coefficient (Wildman–Crippen LogP) is 4.01. The number of rotatable bonds is 5. The maximum absolute atomic E-state index is 6.18. The molecule has 1 aromatic carbocycles. The average Bonchev–Trinajstić information content (AvgIpc) is 2.25. The monoisotopic (exact) mass is 317 g/mol. The molecule has 1 aromatic rings. The fourth-order valence-corrected chi connectivity index (χ4v) is 2.88. The SMILES string of the molecule is CNCCC1(Oc2ccc(Cl)cc2Br)CCC1. The van der Waals surface area contributed by atoms with Gasteiger partial charge in [-0.3, -0.25) is 0 Å². The Hall–Kier alpha value is -0.250. The molecule has 94 valence electrons. The first-order chi connectivity index (χ1) is 8.15. The molecule has 1 fully saturated rings. The van der Waals surface area contributed by atoms with Gasteiger partial charge in [0.25, 0.3) is 0 Å². The van der Waals surface area contributed by atoms with Crippen LogP contribution < -0.4 is 10.1 Å². The first-order valence-corrected chi connectivity index (χ1v) is 7.11. The summed E-state index contributed by atoms with van der Waals surface area (Å²) in [7, 11) is 1.98. The molecule has 0 radical (unpaired) electrons. The van der Waals surface area contributed by atoms with Gasteiger partial charge < -0.3 is 10.1 Å². The molecule has 4 heteroatoms. The van der Waals surface area contributed by atoms with E-state index < -0.39 is 0 Å². The summed E-state index contributed by atoms with van der Waals surface area (Å²) in [6.07, 6.45) is 4.60. The molecule has 0 aromatic heterocycles. The van der Waals surface area contributed by atoms with Gasteiger partial charge in [0, 0.05) is 5.02 Å². The first kappa shape index (κ1) is 13.2. The first-order valence-electron chi connectivity index (χ1n) is 5.94. The predicted molar refractivity (Wildman–Crippen MR) is 74.9 cm³/mol. The normalized spacial score (nSPS) is 17.6. The molecule has 0 unspecified atom stereocenters. The number of nitrogens with one attached hydrogen (secondary N) is 1. The molecule has 0 bridgehead atoms. The lowest BCUT2D eigenvalue weighted by molar-refractivity contribution is -0.0144. The molecule has 2 nitrogen and oxygen atoms in total. The van der Waals surface area contributed by atoms with Crippen LogP contribution in [0.5, 0.6) is 5.75 Å². The van der Waals surface area contributed by atoms with Crippen molar-refractivity contribution in [3.8, 4) is 5.75 Å². The summed E-state index contributed by atoms with van der Waals surface area (Å²) in [5.74, 6) is 0.894. The zero-order valence-electron chi connectivity index (χ0n) is 9.93. The standard InChI is InChI=1S/C13H17BrClNO/c1-16-8-7-13(5-2-6-13)17-12-4-3-10(15)9-11(12)14/h3-4,9,16H,2,5-8H2,1H3. The fraction of sp³-hybridized carbons (Fsp3) is 0.538. The summed E-state index contributed by atoms with van der Waals surface area (Å²) in [6.45, 7) is 0.991. The smallest absolute Gasteiger partial charge is 0.134 e. The second-order valence-electron chi connectivity index (χ2n) is 4.57. The molecule has 0 atom stereocenters. The maximum atomic E-state index is 6.18. The molecule has 0 amide bonds. The lowest BCUT2D eigenvalue weighted by atomic mass is 9.77. The Morgan fingerprint density at radius 2 is 2.24 bits per heavy atom. The number of ether oxygens (including phenoxy) is 1. The van der Waals surface area contributed by atoms with Crippen molar-refractivity contribution in [1.82, 2.24) is 5.32 Å². The van der Waals surface area contributed by atoms with Crippen LogP contribution in [0.15, 0.2) is 22.7 Å². The molecule has 2 rings (SSSR count). The van der Waals surface area contributed by atoms with Crippen LogP contribution in [0.25, 0.3) is 0 Å². The van der Waals surface area contributed by atoms with E-state index in [2.05, 4.69) is 21.2 Å². The van der Waals surface area contributed by atoms with E-state index in [4.69, 9.17) is 16.3 Å². The summed E-state index contributed by atoms with van der Waals surface area (Å²) in [6, 6.07) is 5.68. The van der Waals surface area contributed by atoms with Gasteiger partial charge in [0.05, 0.1) is 4.47 Å². The van der Waals surface area contributed by atoms with Crippen LogP contribution in [0.1, 0.15) is 25.7 Å². The summed E-state index contributed by atoms with van der Waals surface area (Å²) in [5.41, 5.74) is 0.0271. The van der Waals surface area contributed by atoms with Crippen molar-refractivity contribution in [2.24, 2.45) is 0 Å². The molecule has 0 aliphatic heterocycles. The minimum Gasteiger partial charge on any atom is -0.486 e. The van der Waals surface area contributed by atoms with Crippen LogP contribution in [-0.4, -0.2) is 19.2 Å². The third-order valence-electron chi connectivity index (χ3n) is 3.32. The molecule has 0 spiro atoms. The molecular formula is C13H17BrClNO. The Bertz CT molecular complexity index is 393. The molecule has 17 heavy (non-hydrogen) atoms. The van der Waals surface area contributed by atoms with E-state index in [9.17, 15) is 0 Å². The highest BCUT2D eigenvalue weighted by molar-refractivity contribution is 9.10. The third-order valence-corrected chi connectivity index (χ3v) is 4.17. The molecule has 0 heterocycles. The Labute approximate surface area is 116 Å². The highest BCUT2D eigenvalue weighted by atomic mass is 79.9. The molecular weight excluding hydrogens is 302 g/mol. The van der Waals surface area contributed by atoms with Crippen LogP contribution in [0.2, 0.25) is 5.02 Å². The second-order valence-corrected chi connectivity index (χ2v) is 5.86. The number of halogens is 2. The Kier molecular flexibility index (Phi) is 4.34. The van der Waals surface area contributed by atoms with E-state index >= 15 is 0 Å². The van der Waals surface area contributed by atoms with E-state index in [0.717, 1.165) is 41.1 Å². The van der Waals surface area contributed by atoms with E-state index in [1.54, 1.807) is 0 Å². The zero-order valence-corrected chi connectivity index (χ0v) is 12.3. The summed E-state index contributed by atoms with van der Waals surface area (Å²) in [4.78, 5) is 0. The van der Waals surface area contributed by atoms with E-state index in [0.29, 0.717) is 0 Å². The van der Waals surface area contributed by atoms with Crippen LogP contribution in [-0.2, 0) is 0 Å².